The zero-order chi connectivity index (χ0) is 10.9. The molecule has 2 rings (SSSR count). The highest BCUT2D eigenvalue weighted by Gasteiger charge is 2.43. The second-order valence-electron chi connectivity index (χ2n) is 3.87. The van der Waals surface area contributed by atoms with Crippen molar-refractivity contribution in [2.45, 2.75) is 18.4 Å². The molecular weight excluding hydrogens is 197 g/mol. The lowest BCUT2D eigenvalue weighted by Crippen LogP contribution is -2.39. The molecule has 4 heteroatoms. The molecule has 1 amide bonds. The summed E-state index contributed by atoms with van der Waals surface area (Å²) in [6, 6.07) is 5.81. The molecule has 2 N–H and O–H groups in total. The van der Waals surface area contributed by atoms with Crippen molar-refractivity contribution in [1.82, 2.24) is 5.32 Å². The number of nitrogens with one attached hydrogen (secondary N) is 1. The highest BCUT2D eigenvalue weighted by molar-refractivity contribution is 5.95. The molecule has 0 aliphatic heterocycles. The predicted molar refractivity (Wildman–Crippen MR) is 52.9 cm³/mol. The molecule has 1 aromatic carbocycles. The van der Waals surface area contributed by atoms with Gasteiger partial charge in [0.15, 0.2) is 0 Å². The van der Waals surface area contributed by atoms with Crippen LogP contribution in [0.1, 0.15) is 23.2 Å². The summed E-state index contributed by atoms with van der Waals surface area (Å²) >= 11 is 0. The quantitative estimate of drug-likeness (QED) is 0.782. The molecule has 1 saturated carbocycles. The van der Waals surface area contributed by atoms with Gasteiger partial charge in [0.1, 0.15) is 5.82 Å². The Morgan fingerprint density at radius 3 is 2.67 bits per heavy atom. The van der Waals surface area contributed by atoms with Gasteiger partial charge in [0, 0.05) is 0 Å². The summed E-state index contributed by atoms with van der Waals surface area (Å²) < 4.78 is 13.2. The Kier molecular flexibility index (Phi) is 2.44. The number of benzene rings is 1. The van der Waals surface area contributed by atoms with E-state index in [4.69, 9.17) is 5.11 Å². The van der Waals surface area contributed by atoms with E-state index in [9.17, 15) is 9.18 Å². The minimum absolute atomic E-state index is 0.0252. The lowest BCUT2D eigenvalue weighted by atomic mass is 10.2. The Labute approximate surface area is 86.9 Å². The summed E-state index contributed by atoms with van der Waals surface area (Å²) in [5, 5.41) is 11.7. The smallest absolute Gasteiger partial charge is 0.254 e. The van der Waals surface area contributed by atoms with Crippen molar-refractivity contribution >= 4 is 5.91 Å². The van der Waals surface area contributed by atoms with Crippen molar-refractivity contribution in [2.24, 2.45) is 0 Å². The first kappa shape index (κ1) is 10.1. The molecule has 15 heavy (non-hydrogen) atoms. The number of rotatable bonds is 3. The van der Waals surface area contributed by atoms with E-state index in [1.807, 2.05) is 0 Å². The molecule has 1 aliphatic carbocycles. The standard InChI is InChI=1S/C11H12FNO2/c12-9-4-2-1-3-8(9)10(15)13-11(7-14)5-6-11/h1-4,14H,5-7H2,(H,13,15). The van der Waals surface area contributed by atoms with Gasteiger partial charge in [0.05, 0.1) is 17.7 Å². The predicted octanol–water partition coefficient (Wildman–Crippen LogP) is 1.08. The lowest BCUT2D eigenvalue weighted by molar-refractivity contribution is 0.0902. The number of carbonyl (C=O) groups excluding carboxylic acids is 1. The van der Waals surface area contributed by atoms with Crippen LogP contribution >= 0.6 is 0 Å². The molecule has 0 bridgehead atoms. The van der Waals surface area contributed by atoms with Crippen molar-refractivity contribution in [3.63, 3.8) is 0 Å². The van der Waals surface area contributed by atoms with Crippen molar-refractivity contribution in [1.29, 1.82) is 0 Å². The molecule has 0 unspecified atom stereocenters. The number of aliphatic hydroxyl groups excluding tert-OH is 1. The van der Waals surface area contributed by atoms with E-state index < -0.39 is 17.3 Å². The van der Waals surface area contributed by atoms with Gasteiger partial charge in [-0.1, -0.05) is 12.1 Å². The van der Waals surface area contributed by atoms with Gasteiger partial charge in [-0.15, -0.1) is 0 Å². The summed E-state index contributed by atoms with van der Waals surface area (Å²) in [5.74, 6) is -0.997. The van der Waals surface area contributed by atoms with Gasteiger partial charge in [-0.25, -0.2) is 4.39 Å². The number of amides is 1. The van der Waals surface area contributed by atoms with Crippen LogP contribution in [-0.2, 0) is 0 Å². The van der Waals surface area contributed by atoms with Gasteiger partial charge in [0.2, 0.25) is 0 Å². The molecule has 0 spiro atoms. The average molecular weight is 209 g/mol. The average Bonchev–Trinajstić information content (AvgIpc) is 2.99. The van der Waals surface area contributed by atoms with Crippen molar-refractivity contribution < 1.29 is 14.3 Å². The third kappa shape index (κ3) is 1.99. The molecule has 0 saturated heterocycles. The number of halogens is 1. The normalized spacial score (nSPS) is 17.2. The van der Waals surface area contributed by atoms with Crippen LogP contribution in [0.4, 0.5) is 4.39 Å². The Morgan fingerprint density at radius 2 is 2.13 bits per heavy atom. The van der Waals surface area contributed by atoms with E-state index >= 15 is 0 Å². The highest BCUT2D eigenvalue weighted by Crippen LogP contribution is 2.34. The van der Waals surface area contributed by atoms with Gasteiger partial charge in [-0.2, -0.15) is 0 Å². The maximum absolute atomic E-state index is 13.2. The van der Waals surface area contributed by atoms with Crippen LogP contribution in [0.3, 0.4) is 0 Å². The van der Waals surface area contributed by atoms with Gasteiger partial charge in [-0.05, 0) is 25.0 Å². The SMILES string of the molecule is O=C(NC1(CO)CC1)c1ccccc1F. The zero-order valence-corrected chi connectivity index (χ0v) is 8.16. The topological polar surface area (TPSA) is 49.3 Å². The zero-order valence-electron chi connectivity index (χ0n) is 8.16. The number of aliphatic hydroxyl groups is 1. The fraction of sp³-hybridized carbons (Fsp3) is 0.364. The molecule has 3 nitrogen and oxygen atoms in total. The van der Waals surface area contributed by atoms with E-state index in [0.717, 1.165) is 12.8 Å². The molecular formula is C11H12FNO2. The van der Waals surface area contributed by atoms with Crippen LogP contribution in [0.2, 0.25) is 0 Å². The molecule has 0 heterocycles. The van der Waals surface area contributed by atoms with E-state index in [1.54, 1.807) is 6.07 Å². The Morgan fingerprint density at radius 1 is 1.47 bits per heavy atom. The van der Waals surface area contributed by atoms with Crippen LogP contribution in [0, 0.1) is 5.82 Å². The Bertz CT molecular complexity index is 388. The third-order valence-electron chi connectivity index (χ3n) is 2.65. The maximum atomic E-state index is 13.2. The molecule has 0 aromatic heterocycles. The fourth-order valence-electron chi connectivity index (χ4n) is 1.43. The van der Waals surface area contributed by atoms with Crippen LogP contribution < -0.4 is 5.32 Å². The highest BCUT2D eigenvalue weighted by atomic mass is 19.1. The fourth-order valence-corrected chi connectivity index (χ4v) is 1.43. The van der Waals surface area contributed by atoms with Gasteiger partial charge < -0.3 is 10.4 Å². The first-order valence-electron chi connectivity index (χ1n) is 4.85. The summed E-state index contributed by atoms with van der Waals surface area (Å²) in [4.78, 5) is 11.6. The van der Waals surface area contributed by atoms with E-state index in [0.29, 0.717) is 0 Å². The third-order valence-corrected chi connectivity index (χ3v) is 2.65. The summed E-state index contributed by atoms with van der Waals surface area (Å²) in [6.07, 6.45) is 1.51. The maximum Gasteiger partial charge on any atom is 0.254 e. The second-order valence-corrected chi connectivity index (χ2v) is 3.87. The number of hydrogen-bond donors (Lipinski definition) is 2. The van der Waals surface area contributed by atoms with Crippen LogP contribution in [0.15, 0.2) is 24.3 Å². The van der Waals surface area contributed by atoms with Crippen molar-refractivity contribution in [3.8, 4) is 0 Å². The molecule has 80 valence electrons. The van der Waals surface area contributed by atoms with Crippen LogP contribution in [-0.4, -0.2) is 23.2 Å². The molecule has 1 fully saturated rings. The summed E-state index contributed by atoms with van der Waals surface area (Å²) in [5.41, 5.74) is -0.475. The number of carbonyl (C=O) groups is 1. The Balaban J connectivity index is 2.12. The van der Waals surface area contributed by atoms with Gasteiger partial charge in [-0.3, -0.25) is 4.79 Å². The molecule has 0 radical (unpaired) electrons. The van der Waals surface area contributed by atoms with Crippen molar-refractivity contribution in [2.75, 3.05) is 6.61 Å². The lowest BCUT2D eigenvalue weighted by Gasteiger charge is -2.14. The molecule has 1 aliphatic rings. The molecule has 0 atom stereocenters. The minimum atomic E-state index is -0.538. The Hall–Kier alpha value is -1.42. The first-order valence-corrected chi connectivity index (χ1v) is 4.85. The van der Waals surface area contributed by atoms with E-state index in [-0.39, 0.29) is 12.2 Å². The largest absolute Gasteiger partial charge is 0.394 e. The molecule has 1 aromatic rings. The number of hydrogen-bond acceptors (Lipinski definition) is 2. The van der Waals surface area contributed by atoms with E-state index in [1.165, 1.54) is 18.2 Å². The van der Waals surface area contributed by atoms with Gasteiger partial charge >= 0.3 is 0 Å². The van der Waals surface area contributed by atoms with Crippen LogP contribution in [0.5, 0.6) is 0 Å². The monoisotopic (exact) mass is 209 g/mol. The van der Waals surface area contributed by atoms with Gasteiger partial charge in [0.25, 0.3) is 5.91 Å². The van der Waals surface area contributed by atoms with E-state index in [2.05, 4.69) is 5.32 Å². The van der Waals surface area contributed by atoms with Crippen LogP contribution in [0.25, 0.3) is 0 Å². The minimum Gasteiger partial charge on any atom is -0.394 e. The summed E-state index contributed by atoms with van der Waals surface area (Å²) in [7, 11) is 0. The summed E-state index contributed by atoms with van der Waals surface area (Å²) in [6.45, 7) is -0.0901. The first-order chi connectivity index (χ1) is 7.17. The second kappa shape index (κ2) is 3.62. The van der Waals surface area contributed by atoms with Crippen molar-refractivity contribution in [3.05, 3.63) is 35.6 Å².